The zero-order valence-corrected chi connectivity index (χ0v) is 25.1. The summed E-state index contributed by atoms with van der Waals surface area (Å²) >= 11 is 7.74. The number of ether oxygens (including phenoxy) is 1. The Labute approximate surface area is 257 Å². The zero-order chi connectivity index (χ0) is 31.4. The molecule has 7 nitrogen and oxygen atoms in total. The van der Waals surface area contributed by atoms with Gasteiger partial charge in [-0.25, -0.2) is 13.6 Å². The Morgan fingerprint density at radius 1 is 1.09 bits per heavy atom. The Morgan fingerprint density at radius 2 is 1.82 bits per heavy atom. The van der Waals surface area contributed by atoms with Crippen LogP contribution in [0.5, 0.6) is 5.75 Å². The lowest BCUT2D eigenvalue weighted by molar-refractivity contribution is -0.141. The van der Waals surface area contributed by atoms with E-state index in [1.54, 1.807) is 24.4 Å². The number of aromatic nitrogens is 3. The number of fused-ring (bicyclic) bond motifs is 1. The lowest BCUT2D eigenvalue weighted by atomic mass is 9.86. The first-order valence-corrected chi connectivity index (χ1v) is 15.3. The van der Waals surface area contributed by atoms with Gasteiger partial charge in [0.2, 0.25) is 0 Å². The number of pyridine rings is 1. The predicted molar refractivity (Wildman–Crippen MR) is 158 cm³/mol. The van der Waals surface area contributed by atoms with Crippen molar-refractivity contribution < 1.29 is 26.7 Å². The summed E-state index contributed by atoms with van der Waals surface area (Å²) in [5.74, 6) is -1.95. The molecule has 1 saturated carbocycles. The van der Waals surface area contributed by atoms with Gasteiger partial charge in [0.05, 0.1) is 16.8 Å². The van der Waals surface area contributed by atoms with Gasteiger partial charge in [0.1, 0.15) is 18.4 Å². The van der Waals surface area contributed by atoms with Crippen molar-refractivity contribution in [2.45, 2.75) is 69.9 Å². The summed E-state index contributed by atoms with van der Waals surface area (Å²) in [4.78, 5) is 32.3. The first-order valence-electron chi connectivity index (χ1n) is 14.1. The highest BCUT2D eigenvalue weighted by atomic mass is 35.5. The summed E-state index contributed by atoms with van der Waals surface area (Å²) in [6.07, 6.45) is -1.07. The second-order valence-electron chi connectivity index (χ2n) is 11.4. The average Bonchev–Trinajstić information content (AvgIpc) is 3.33. The van der Waals surface area contributed by atoms with E-state index in [-0.39, 0.29) is 31.5 Å². The maximum Gasteiger partial charge on any atom is 0.406 e. The maximum atomic E-state index is 13.6. The summed E-state index contributed by atoms with van der Waals surface area (Å²) in [7, 11) is 0. The molecule has 0 spiro atoms. The molecule has 44 heavy (non-hydrogen) atoms. The van der Waals surface area contributed by atoms with Crippen LogP contribution in [0.4, 0.5) is 22.0 Å². The van der Waals surface area contributed by atoms with Gasteiger partial charge in [-0.2, -0.15) is 13.2 Å². The number of piperidine rings is 1. The molecule has 0 amide bonds. The fourth-order valence-electron chi connectivity index (χ4n) is 5.85. The van der Waals surface area contributed by atoms with Crippen molar-refractivity contribution in [3.63, 3.8) is 0 Å². The van der Waals surface area contributed by atoms with E-state index in [0.29, 0.717) is 38.8 Å². The van der Waals surface area contributed by atoms with Crippen LogP contribution in [0.2, 0.25) is 5.02 Å². The normalized spacial score (nSPS) is 20.5. The number of halogens is 6. The third-order valence-electron chi connectivity index (χ3n) is 8.20. The molecule has 234 valence electrons. The molecule has 14 heteroatoms. The zero-order valence-electron chi connectivity index (χ0n) is 23.5. The van der Waals surface area contributed by atoms with E-state index >= 15 is 0 Å². The minimum absolute atomic E-state index is 0.0962. The molecular weight excluding hydrogens is 627 g/mol. The van der Waals surface area contributed by atoms with Gasteiger partial charge in [-0.1, -0.05) is 11.6 Å². The number of alkyl halides is 5. The van der Waals surface area contributed by atoms with Gasteiger partial charge in [-0.3, -0.25) is 23.8 Å². The van der Waals surface area contributed by atoms with Gasteiger partial charge in [0, 0.05) is 84.3 Å². The fraction of sp³-hybridized carbons (Fsp3) is 0.433. The van der Waals surface area contributed by atoms with E-state index in [9.17, 15) is 31.5 Å². The second kappa shape index (κ2) is 11.6. The molecular formula is C30H28ClF5N4O3S. The van der Waals surface area contributed by atoms with Gasteiger partial charge in [0.15, 0.2) is 0 Å². The van der Waals surface area contributed by atoms with Crippen molar-refractivity contribution in [1.29, 1.82) is 0 Å². The van der Waals surface area contributed by atoms with Crippen LogP contribution in [-0.4, -0.2) is 56.4 Å². The molecule has 2 fully saturated rings. The number of hydrogen-bond donors (Lipinski definition) is 0. The fourth-order valence-corrected chi connectivity index (χ4v) is 7.25. The van der Waals surface area contributed by atoms with Gasteiger partial charge in [0.25, 0.3) is 11.5 Å². The standard InChI is InChI=1S/C30H28ClF5N4O3S/c1-17-10-18(31)11-23(26(17)43-20-12-19(13-20)38-8-4-29(32,33)5-9-38)22-2-6-37-24-14-21(44-27(22)24)15-40-25(41)3-7-39(28(40)42)16-30(34,35)36/h2-3,6-7,10-11,14,19-20H,4-5,8-9,12-13,15-16H2,1H3. The Hall–Kier alpha value is -3.29. The lowest BCUT2D eigenvalue weighted by Crippen LogP contribution is -2.53. The van der Waals surface area contributed by atoms with Gasteiger partial charge in [-0.15, -0.1) is 11.3 Å². The number of nitrogens with zero attached hydrogens (tertiary/aromatic N) is 4. The first-order chi connectivity index (χ1) is 20.8. The Morgan fingerprint density at radius 3 is 2.52 bits per heavy atom. The monoisotopic (exact) mass is 654 g/mol. The summed E-state index contributed by atoms with van der Waals surface area (Å²) in [5, 5.41) is 0.494. The van der Waals surface area contributed by atoms with Crippen molar-refractivity contribution in [2.24, 2.45) is 0 Å². The third kappa shape index (κ3) is 6.40. The molecule has 1 saturated heterocycles. The van der Waals surface area contributed by atoms with Crippen molar-refractivity contribution in [3.05, 3.63) is 79.0 Å². The largest absolute Gasteiger partial charge is 0.489 e. The number of thiophene rings is 1. The maximum absolute atomic E-state index is 13.6. The van der Waals surface area contributed by atoms with Crippen LogP contribution in [0, 0.1) is 6.92 Å². The highest BCUT2D eigenvalue weighted by Gasteiger charge is 2.41. The lowest BCUT2D eigenvalue weighted by Gasteiger charge is -2.45. The molecule has 2 aliphatic rings. The molecule has 4 heterocycles. The number of rotatable bonds is 7. The van der Waals surface area contributed by atoms with E-state index in [0.717, 1.165) is 51.1 Å². The molecule has 0 radical (unpaired) electrons. The van der Waals surface area contributed by atoms with Crippen LogP contribution in [0.1, 0.15) is 36.1 Å². The van der Waals surface area contributed by atoms with Crippen molar-refractivity contribution in [1.82, 2.24) is 19.0 Å². The molecule has 6 rings (SSSR count). The predicted octanol–water partition coefficient (Wildman–Crippen LogP) is 6.50. The van der Waals surface area contributed by atoms with Gasteiger partial charge in [-0.05, 0) is 36.8 Å². The highest BCUT2D eigenvalue weighted by molar-refractivity contribution is 7.19. The molecule has 3 aromatic heterocycles. The Kier molecular flexibility index (Phi) is 8.08. The summed E-state index contributed by atoms with van der Waals surface area (Å²) < 4.78 is 74.5. The summed E-state index contributed by atoms with van der Waals surface area (Å²) in [6, 6.07) is 8.24. The SMILES string of the molecule is Cc1cc(Cl)cc(-c2ccnc3cc(Cn4c(=O)ccn(CC(F)(F)F)c4=O)sc23)c1OC1CC(N2CCC(F)(F)CC2)C1. The minimum atomic E-state index is -4.62. The number of aryl methyl sites for hydroxylation is 1. The first kappa shape index (κ1) is 30.7. The summed E-state index contributed by atoms with van der Waals surface area (Å²) in [5.41, 5.74) is 1.11. The van der Waals surface area contributed by atoms with Crippen LogP contribution < -0.4 is 16.0 Å². The second-order valence-corrected chi connectivity index (χ2v) is 13.0. The van der Waals surface area contributed by atoms with Crippen molar-refractivity contribution in [3.8, 4) is 16.9 Å². The third-order valence-corrected chi connectivity index (χ3v) is 9.56. The molecule has 1 aromatic carbocycles. The quantitative estimate of drug-likeness (QED) is 0.213. The molecule has 1 aliphatic carbocycles. The van der Waals surface area contributed by atoms with E-state index in [2.05, 4.69) is 9.88 Å². The molecule has 0 N–H and O–H groups in total. The van der Waals surface area contributed by atoms with Crippen LogP contribution in [-0.2, 0) is 13.1 Å². The van der Waals surface area contributed by atoms with Crippen LogP contribution in [0.3, 0.4) is 0 Å². The van der Waals surface area contributed by atoms with Crippen LogP contribution >= 0.6 is 22.9 Å². The van der Waals surface area contributed by atoms with Crippen molar-refractivity contribution >= 4 is 33.2 Å². The smallest absolute Gasteiger partial charge is 0.406 e. The molecule has 1 aliphatic heterocycles. The highest BCUT2D eigenvalue weighted by Crippen LogP contribution is 2.43. The minimum Gasteiger partial charge on any atom is -0.489 e. The van der Waals surface area contributed by atoms with E-state index in [4.69, 9.17) is 16.3 Å². The Balaban J connectivity index is 1.27. The van der Waals surface area contributed by atoms with E-state index in [1.807, 2.05) is 13.0 Å². The van der Waals surface area contributed by atoms with E-state index in [1.165, 1.54) is 11.3 Å². The van der Waals surface area contributed by atoms with Crippen LogP contribution in [0.25, 0.3) is 21.3 Å². The molecule has 4 aromatic rings. The van der Waals surface area contributed by atoms with Crippen LogP contribution in [0.15, 0.2) is 52.3 Å². The van der Waals surface area contributed by atoms with E-state index < -0.39 is 29.9 Å². The number of likely N-dealkylation sites (tertiary alicyclic amines) is 1. The molecule has 0 bridgehead atoms. The van der Waals surface area contributed by atoms with Crippen molar-refractivity contribution in [2.75, 3.05) is 13.1 Å². The average molecular weight is 655 g/mol. The Bertz CT molecular complexity index is 1820. The molecule has 0 atom stereocenters. The number of hydrogen-bond acceptors (Lipinski definition) is 6. The summed E-state index contributed by atoms with van der Waals surface area (Å²) in [6.45, 7) is 0.907. The van der Waals surface area contributed by atoms with Gasteiger partial charge >= 0.3 is 11.9 Å². The topological polar surface area (TPSA) is 69.4 Å². The molecule has 0 unspecified atom stereocenters. The number of benzene rings is 1. The van der Waals surface area contributed by atoms with Gasteiger partial charge < -0.3 is 4.74 Å².